The van der Waals surface area contributed by atoms with Crippen LogP contribution in [-0.2, 0) is 6.42 Å². The van der Waals surface area contributed by atoms with Crippen LogP contribution in [0.4, 0.5) is 0 Å². The summed E-state index contributed by atoms with van der Waals surface area (Å²) in [6, 6.07) is 25.0. The second kappa shape index (κ2) is 7.62. The molecule has 0 saturated heterocycles. The molecule has 3 aromatic carbocycles. The van der Waals surface area contributed by atoms with Crippen LogP contribution < -0.4 is 4.74 Å². The lowest BCUT2D eigenvalue weighted by Gasteiger charge is -2.04. The number of rotatable bonds is 4. The third-order valence-electron chi connectivity index (χ3n) is 5.38. The monoisotopic (exact) mass is 406 g/mol. The highest BCUT2D eigenvalue weighted by Crippen LogP contribution is 2.39. The molecule has 144 valence electrons. The fourth-order valence-electron chi connectivity index (χ4n) is 3.82. The summed E-state index contributed by atoms with van der Waals surface area (Å²) in [6.45, 7) is 0. The predicted molar refractivity (Wildman–Crippen MR) is 122 cm³/mol. The summed E-state index contributed by atoms with van der Waals surface area (Å²) in [5.74, 6) is 0.792. The van der Waals surface area contributed by atoms with Gasteiger partial charge < -0.3 is 4.74 Å². The van der Waals surface area contributed by atoms with E-state index in [4.69, 9.17) is 9.72 Å². The molecule has 0 unspecified atom stereocenters. The summed E-state index contributed by atoms with van der Waals surface area (Å²) >= 11 is 1.50. The highest BCUT2D eigenvalue weighted by molar-refractivity contribution is 7.11. The number of aromatic nitrogens is 1. The molecule has 3 nitrogen and oxygen atoms in total. The number of hydrogen-bond acceptors (Lipinski definition) is 4. The van der Waals surface area contributed by atoms with E-state index in [1.807, 2.05) is 35.7 Å². The number of methoxy groups -OCH3 is 1. The van der Waals surface area contributed by atoms with Crippen LogP contribution in [0.2, 0.25) is 0 Å². The van der Waals surface area contributed by atoms with Gasteiger partial charge in [-0.3, -0.25) is 0 Å². The summed E-state index contributed by atoms with van der Waals surface area (Å²) in [4.78, 5) is 4.77. The van der Waals surface area contributed by atoms with Crippen LogP contribution in [0, 0.1) is 11.3 Å². The van der Waals surface area contributed by atoms with Gasteiger partial charge in [-0.05, 0) is 58.5 Å². The molecular formula is C26H18N2OS. The van der Waals surface area contributed by atoms with Gasteiger partial charge in [-0.2, -0.15) is 5.26 Å². The van der Waals surface area contributed by atoms with Gasteiger partial charge >= 0.3 is 0 Å². The van der Waals surface area contributed by atoms with Crippen LogP contribution in [-0.4, -0.2) is 12.1 Å². The standard InChI is InChI=1S/C26H18N2OS/c1-29-22-10-6-17(7-11-22)12-21(15-27)26-28-25(16-30-26)20-9-8-19-13-18-4-2-3-5-23(18)24(19)14-20/h2-12,14,16H,13H2,1H3/b21-12+. The molecule has 0 radical (unpaired) electrons. The SMILES string of the molecule is COc1ccc(/C=C(\C#N)c2nc(-c3ccc4c(c3)-c3ccccc3C4)cs2)cc1. The van der Waals surface area contributed by atoms with Crippen LogP contribution in [0.5, 0.6) is 5.75 Å². The fraction of sp³-hybridized carbons (Fsp3) is 0.0769. The number of nitriles is 1. The minimum absolute atomic E-state index is 0.558. The van der Waals surface area contributed by atoms with Gasteiger partial charge in [-0.15, -0.1) is 11.3 Å². The van der Waals surface area contributed by atoms with Crippen molar-refractivity contribution in [3.8, 4) is 34.2 Å². The first-order valence-electron chi connectivity index (χ1n) is 9.68. The quantitative estimate of drug-likeness (QED) is 0.322. The molecule has 0 aliphatic heterocycles. The molecule has 0 atom stereocenters. The lowest BCUT2D eigenvalue weighted by molar-refractivity contribution is 0.415. The Balaban J connectivity index is 1.47. The molecule has 0 bridgehead atoms. The van der Waals surface area contributed by atoms with E-state index in [0.717, 1.165) is 34.0 Å². The first-order valence-corrected chi connectivity index (χ1v) is 10.6. The van der Waals surface area contributed by atoms with E-state index < -0.39 is 0 Å². The normalized spacial score (nSPS) is 12.2. The minimum Gasteiger partial charge on any atom is -0.497 e. The number of allylic oxidation sites excluding steroid dienone is 1. The number of nitrogens with zero attached hydrogens (tertiary/aromatic N) is 2. The van der Waals surface area contributed by atoms with E-state index >= 15 is 0 Å². The van der Waals surface area contributed by atoms with Crippen molar-refractivity contribution in [1.29, 1.82) is 5.26 Å². The molecule has 5 rings (SSSR count). The third-order valence-corrected chi connectivity index (χ3v) is 6.25. The third kappa shape index (κ3) is 3.30. The van der Waals surface area contributed by atoms with Gasteiger partial charge in [-0.25, -0.2) is 4.98 Å². The van der Waals surface area contributed by atoms with Crippen molar-refractivity contribution >= 4 is 23.0 Å². The Labute approximate surface area is 179 Å². The Bertz CT molecular complexity index is 1310. The zero-order valence-corrected chi connectivity index (χ0v) is 17.2. The number of hydrogen-bond donors (Lipinski definition) is 0. The van der Waals surface area contributed by atoms with Crippen LogP contribution in [0.1, 0.15) is 21.7 Å². The highest BCUT2D eigenvalue weighted by Gasteiger charge is 2.19. The van der Waals surface area contributed by atoms with E-state index in [9.17, 15) is 5.26 Å². The average molecular weight is 407 g/mol. The fourth-order valence-corrected chi connectivity index (χ4v) is 4.62. The van der Waals surface area contributed by atoms with Crippen molar-refractivity contribution in [3.05, 3.63) is 93.8 Å². The number of ether oxygens (including phenoxy) is 1. The van der Waals surface area contributed by atoms with Crippen LogP contribution in [0.25, 0.3) is 34.0 Å². The Morgan fingerprint density at radius 1 is 1.03 bits per heavy atom. The Hall–Kier alpha value is -3.68. The van der Waals surface area contributed by atoms with Crippen molar-refractivity contribution in [1.82, 2.24) is 4.98 Å². The maximum absolute atomic E-state index is 9.68. The smallest absolute Gasteiger partial charge is 0.134 e. The predicted octanol–water partition coefficient (Wildman–Crippen LogP) is 6.45. The minimum atomic E-state index is 0.558. The van der Waals surface area contributed by atoms with Crippen molar-refractivity contribution in [2.75, 3.05) is 7.11 Å². The van der Waals surface area contributed by atoms with Gasteiger partial charge in [0, 0.05) is 10.9 Å². The van der Waals surface area contributed by atoms with Crippen LogP contribution >= 0.6 is 11.3 Å². The molecule has 1 heterocycles. The second-order valence-electron chi connectivity index (χ2n) is 7.19. The van der Waals surface area contributed by atoms with Gasteiger partial charge in [0.1, 0.15) is 16.8 Å². The van der Waals surface area contributed by atoms with Crippen molar-refractivity contribution < 1.29 is 4.74 Å². The number of fused-ring (bicyclic) bond motifs is 3. The van der Waals surface area contributed by atoms with E-state index in [-0.39, 0.29) is 0 Å². The second-order valence-corrected chi connectivity index (χ2v) is 8.04. The summed E-state index contributed by atoms with van der Waals surface area (Å²) in [5.41, 5.74) is 8.80. The Morgan fingerprint density at radius 2 is 1.83 bits per heavy atom. The lowest BCUT2D eigenvalue weighted by atomic mass is 10.0. The van der Waals surface area contributed by atoms with Gasteiger partial charge in [0.25, 0.3) is 0 Å². The van der Waals surface area contributed by atoms with Crippen LogP contribution in [0.3, 0.4) is 0 Å². The van der Waals surface area contributed by atoms with E-state index in [1.165, 1.54) is 33.6 Å². The first-order chi connectivity index (χ1) is 14.7. The van der Waals surface area contributed by atoms with E-state index in [1.54, 1.807) is 7.11 Å². The molecular weight excluding hydrogens is 388 g/mol. The van der Waals surface area contributed by atoms with Crippen LogP contribution in [0.15, 0.2) is 72.1 Å². The number of thiazole rings is 1. The molecule has 1 aliphatic carbocycles. The van der Waals surface area contributed by atoms with Crippen molar-refractivity contribution in [2.45, 2.75) is 6.42 Å². The van der Waals surface area contributed by atoms with E-state index in [0.29, 0.717) is 5.57 Å². The Kier molecular flexibility index (Phi) is 4.66. The Morgan fingerprint density at radius 3 is 2.63 bits per heavy atom. The number of benzene rings is 3. The molecule has 4 heteroatoms. The molecule has 1 aliphatic rings. The molecule has 30 heavy (non-hydrogen) atoms. The largest absolute Gasteiger partial charge is 0.497 e. The maximum Gasteiger partial charge on any atom is 0.134 e. The summed E-state index contributed by atoms with van der Waals surface area (Å²) in [6.07, 6.45) is 2.85. The molecule has 0 saturated carbocycles. The molecule has 0 fully saturated rings. The van der Waals surface area contributed by atoms with Crippen molar-refractivity contribution in [2.24, 2.45) is 0 Å². The van der Waals surface area contributed by atoms with Crippen molar-refractivity contribution in [3.63, 3.8) is 0 Å². The highest BCUT2D eigenvalue weighted by atomic mass is 32.1. The topological polar surface area (TPSA) is 45.9 Å². The molecule has 1 aromatic heterocycles. The molecule has 0 spiro atoms. The zero-order chi connectivity index (χ0) is 20.5. The lowest BCUT2D eigenvalue weighted by Crippen LogP contribution is -1.86. The van der Waals surface area contributed by atoms with Gasteiger partial charge in [0.2, 0.25) is 0 Å². The molecule has 0 N–H and O–H groups in total. The van der Waals surface area contributed by atoms with Gasteiger partial charge in [0.15, 0.2) is 0 Å². The van der Waals surface area contributed by atoms with Gasteiger partial charge in [-0.1, -0.05) is 48.5 Å². The first kappa shape index (κ1) is 18.4. The zero-order valence-electron chi connectivity index (χ0n) is 16.4. The molecule has 4 aromatic rings. The average Bonchev–Trinajstić information content (AvgIpc) is 3.42. The summed E-state index contributed by atoms with van der Waals surface area (Å²) in [5, 5.41) is 12.4. The summed E-state index contributed by atoms with van der Waals surface area (Å²) < 4.78 is 5.20. The van der Waals surface area contributed by atoms with Gasteiger partial charge in [0.05, 0.1) is 18.4 Å². The molecule has 0 amide bonds. The summed E-state index contributed by atoms with van der Waals surface area (Å²) in [7, 11) is 1.64. The maximum atomic E-state index is 9.68. The van der Waals surface area contributed by atoms with E-state index in [2.05, 4.69) is 48.5 Å².